The average Bonchev–Trinajstić information content (AvgIpc) is 3.30. The molecule has 0 atom stereocenters. The third-order valence-corrected chi connectivity index (χ3v) is 7.14. The molecule has 0 saturated carbocycles. The molecule has 1 amide bonds. The highest BCUT2D eigenvalue weighted by atomic mass is 35.5. The van der Waals surface area contributed by atoms with E-state index in [2.05, 4.69) is 19.9 Å². The number of carbonyl (C=O) groups is 1. The SMILES string of the molecule is O=C(Nc1cccnc1N1CCCC1)c1cccc(NS(=O)(=O)c2ccc(Cl)c(Cl)c2)c1. The number of anilines is 3. The van der Waals surface area contributed by atoms with Gasteiger partial charge >= 0.3 is 0 Å². The number of benzene rings is 2. The zero-order valence-electron chi connectivity index (χ0n) is 16.9. The lowest BCUT2D eigenvalue weighted by Crippen LogP contribution is -2.22. The summed E-state index contributed by atoms with van der Waals surface area (Å²) in [6, 6.07) is 13.8. The summed E-state index contributed by atoms with van der Waals surface area (Å²) in [6.45, 7) is 1.79. The average molecular weight is 491 g/mol. The molecule has 4 rings (SSSR count). The zero-order chi connectivity index (χ0) is 22.7. The second-order valence-electron chi connectivity index (χ2n) is 7.29. The van der Waals surface area contributed by atoms with Crippen molar-refractivity contribution in [1.82, 2.24) is 4.98 Å². The number of amides is 1. The van der Waals surface area contributed by atoms with E-state index in [1.807, 2.05) is 0 Å². The number of nitrogens with one attached hydrogen (secondary N) is 2. The molecule has 0 spiro atoms. The largest absolute Gasteiger partial charge is 0.355 e. The van der Waals surface area contributed by atoms with Crippen LogP contribution in [0.3, 0.4) is 0 Å². The van der Waals surface area contributed by atoms with Gasteiger partial charge in [-0.1, -0.05) is 29.3 Å². The van der Waals surface area contributed by atoms with Gasteiger partial charge in [0.25, 0.3) is 15.9 Å². The molecule has 3 aromatic rings. The first-order valence-electron chi connectivity index (χ1n) is 9.93. The van der Waals surface area contributed by atoms with Crippen LogP contribution in [0.4, 0.5) is 17.2 Å². The van der Waals surface area contributed by atoms with E-state index in [-0.39, 0.29) is 26.5 Å². The smallest absolute Gasteiger partial charge is 0.261 e. The van der Waals surface area contributed by atoms with Crippen molar-refractivity contribution in [2.75, 3.05) is 28.0 Å². The van der Waals surface area contributed by atoms with Crippen LogP contribution >= 0.6 is 23.2 Å². The Morgan fingerprint density at radius 3 is 2.50 bits per heavy atom. The van der Waals surface area contributed by atoms with Crippen molar-refractivity contribution >= 4 is 56.3 Å². The molecule has 166 valence electrons. The summed E-state index contributed by atoms with van der Waals surface area (Å²) in [5, 5.41) is 3.28. The van der Waals surface area contributed by atoms with Crippen molar-refractivity contribution < 1.29 is 13.2 Å². The molecule has 0 radical (unpaired) electrons. The monoisotopic (exact) mass is 490 g/mol. The lowest BCUT2D eigenvalue weighted by atomic mass is 10.2. The van der Waals surface area contributed by atoms with Gasteiger partial charge in [-0.25, -0.2) is 13.4 Å². The van der Waals surface area contributed by atoms with E-state index in [9.17, 15) is 13.2 Å². The van der Waals surface area contributed by atoms with Crippen LogP contribution in [0, 0.1) is 0 Å². The summed E-state index contributed by atoms with van der Waals surface area (Å²) in [5.41, 5.74) is 1.16. The van der Waals surface area contributed by atoms with Gasteiger partial charge in [0.15, 0.2) is 5.82 Å². The van der Waals surface area contributed by atoms with Crippen LogP contribution in [0.1, 0.15) is 23.2 Å². The van der Waals surface area contributed by atoms with E-state index in [0.717, 1.165) is 31.7 Å². The van der Waals surface area contributed by atoms with Gasteiger partial charge in [-0.2, -0.15) is 0 Å². The predicted molar refractivity (Wildman–Crippen MR) is 127 cm³/mol. The van der Waals surface area contributed by atoms with E-state index >= 15 is 0 Å². The van der Waals surface area contributed by atoms with Gasteiger partial charge in [0.1, 0.15) is 0 Å². The molecule has 2 N–H and O–H groups in total. The van der Waals surface area contributed by atoms with Crippen LogP contribution in [0.25, 0.3) is 0 Å². The Balaban J connectivity index is 1.53. The zero-order valence-corrected chi connectivity index (χ0v) is 19.2. The molecule has 0 unspecified atom stereocenters. The van der Waals surface area contributed by atoms with E-state index in [0.29, 0.717) is 11.3 Å². The highest BCUT2D eigenvalue weighted by Crippen LogP contribution is 2.28. The summed E-state index contributed by atoms with van der Waals surface area (Å²) in [4.78, 5) is 19.4. The van der Waals surface area contributed by atoms with Gasteiger partial charge in [-0.3, -0.25) is 9.52 Å². The second kappa shape index (κ2) is 9.36. The first kappa shape index (κ1) is 22.4. The lowest BCUT2D eigenvalue weighted by molar-refractivity contribution is 0.102. The first-order chi connectivity index (χ1) is 15.3. The number of hydrogen-bond acceptors (Lipinski definition) is 5. The van der Waals surface area contributed by atoms with Crippen LogP contribution in [0.2, 0.25) is 10.0 Å². The minimum atomic E-state index is -3.91. The molecule has 1 saturated heterocycles. The minimum Gasteiger partial charge on any atom is -0.355 e. The van der Waals surface area contributed by atoms with Gasteiger partial charge in [-0.15, -0.1) is 0 Å². The van der Waals surface area contributed by atoms with Crippen LogP contribution < -0.4 is 14.9 Å². The maximum absolute atomic E-state index is 12.9. The molecule has 1 fully saturated rings. The van der Waals surface area contributed by atoms with E-state index in [1.54, 1.807) is 36.5 Å². The van der Waals surface area contributed by atoms with Crippen LogP contribution in [0.5, 0.6) is 0 Å². The van der Waals surface area contributed by atoms with Crippen molar-refractivity contribution in [3.8, 4) is 0 Å². The van der Waals surface area contributed by atoms with Gasteiger partial charge in [0.05, 0.1) is 20.6 Å². The van der Waals surface area contributed by atoms with Crippen molar-refractivity contribution in [2.45, 2.75) is 17.7 Å². The topological polar surface area (TPSA) is 91.4 Å². The van der Waals surface area contributed by atoms with Gasteiger partial charge in [-0.05, 0) is 61.4 Å². The Morgan fingerprint density at radius 2 is 1.75 bits per heavy atom. The van der Waals surface area contributed by atoms with Crippen LogP contribution in [0.15, 0.2) is 65.7 Å². The molecule has 10 heteroatoms. The van der Waals surface area contributed by atoms with E-state index in [1.165, 1.54) is 24.3 Å². The number of sulfonamides is 1. The summed E-state index contributed by atoms with van der Waals surface area (Å²) >= 11 is 11.8. The number of carbonyl (C=O) groups excluding carboxylic acids is 1. The van der Waals surface area contributed by atoms with Crippen molar-refractivity contribution in [2.24, 2.45) is 0 Å². The maximum Gasteiger partial charge on any atom is 0.261 e. The van der Waals surface area contributed by atoms with Gasteiger partial charge < -0.3 is 10.2 Å². The fourth-order valence-electron chi connectivity index (χ4n) is 3.45. The Morgan fingerprint density at radius 1 is 0.969 bits per heavy atom. The number of nitrogens with zero attached hydrogens (tertiary/aromatic N) is 2. The summed E-state index contributed by atoms with van der Waals surface area (Å²) in [5.74, 6) is 0.365. The van der Waals surface area contributed by atoms with Crippen molar-refractivity contribution in [1.29, 1.82) is 0 Å². The van der Waals surface area contributed by atoms with Crippen molar-refractivity contribution in [3.05, 3.63) is 76.4 Å². The third-order valence-electron chi connectivity index (χ3n) is 5.02. The number of rotatable bonds is 6. The Hall–Kier alpha value is -2.81. The summed E-state index contributed by atoms with van der Waals surface area (Å²) < 4.78 is 27.9. The molecule has 2 heterocycles. The van der Waals surface area contributed by atoms with E-state index < -0.39 is 10.0 Å². The molecule has 2 aromatic carbocycles. The quantitative estimate of drug-likeness (QED) is 0.504. The fourth-order valence-corrected chi connectivity index (χ4v) is 4.89. The molecule has 1 aliphatic heterocycles. The second-order valence-corrected chi connectivity index (χ2v) is 9.78. The highest BCUT2D eigenvalue weighted by Gasteiger charge is 2.19. The molecular weight excluding hydrogens is 471 g/mol. The summed E-state index contributed by atoms with van der Waals surface area (Å²) in [6.07, 6.45) is 3.87. The maximum atomic E-state index is 12.9. The minimum absolute atomic E-state index is 0.0348. The van der Waals surface area contributed by atoms with Gasteiger partial charge in [0.2, 0.25) is 0 Å². The highest BCUT2D eigenvalue weighted by molar-refractivity contribution is 7.92. The van der Waals surface area contributed by atoms with Crippen molar-refractivity contribution in [3.63, 3.8) is 0 Å². The predicted octanol–water partition coefficient (Wildman–Crippen LogP) is 5.04. The molecule has 0 aliphatic carbocycles. The van der Waals surface area contributed by atoms with Crippen LogP contribution in [-0.2, 0) is 10.0 Å². The number of hydrogen-bond donors (Lipinski definition) is 2. The number of halogens is 2. The molecular formula is C22H20Cl2N4O3S. The third kappa shape index (κ3) is 4.98. The Labute approximate surface area is 196 Å². The molecule has 1 aliphatic rings. The normalized spacial score (nSPS) is 13.8. The Kier molecular flexibility index (Phi) is 6.55. The van der Waals surface area contributed by atoms with Gasteiger partial charge in [0, 0.05) is 30.5 Å². The fraction of sp³-hybridized carbons (Fsp3) is 0.182. The molecule has 0 bridgehead atoms. The summed E-state index contributed by atoms with van der Waals surface area (Å²) in [7, 11) is -3.91. The number of aromatic nitrogens is 1. The standard InChI is InChI=1S/C22H20Cl2N4O3S/c23-18-9-8-17(14-19(18)24)32(30,31)27-16-6-3-5-15(13-16)22(29)26-20-7-4-10-25-21(20)28-11-1-2-12-28/h3-10,13-14,27H,1-2,11-12H2,(H,26,29). The molecule has 1 aromatic heterocycles. The van der Waals surface area contributed by atoms with Crippen LogP contribution in [-0.4, -0.2) is 32.4 Å². The molecule has 32 heavy (non-hydrogen) atoms. The Bertz CT molecular complexity index is 1260. The lowest BCUT2D eigenvalue weighted by Gasteiger charge is -2.20. The van der Waals surface area contributed by atoms with E-state index in [4.69, 9.17) is 23.2 Å². The molecule has 7 nitrogen and oxygen atoms in total. The first-order valence-corrected chi connectivity index (χ1v) is 12.2. The number of pyridine rings is 1.